The summed E-state index contributed by atoms with van der Waals surface area (Å²) in [5.74, 6) is -0.0518. The molecule has 9 nitrogen and oxygen atoms in total. The van der Waals surface area contributed by atoms with Gasteiger partial charge in [-0.05, 0) is 51.0 Å². The molecule has 0 saturated heterocycles. The van der Waals surface area contributed by atoms with Crippen LogP contribution in [0.1, 0.15) is 54.1 Å². The second-order valence-corrected chi connectivity index (χ2v) is 7.92. The molecule has 4 rings (SSSR count). The molecule has 168 valence electrons. The van der Waals surface area contributed by atoms with Gasteiger partial charge >= 0.3 is 11.7 Å². The number of H-pyrrole nitrogens is 2. The van der Waals surface area contributed by atoms with Crippen molar-refractivity contribution >= 4 is 28.0 Å². The number of nitrogens with zero attached hydrogens (tertiary/aromatic N) is 3. The van der Waals surface area contributed by atoms with Crippen LogP contribution in [-0.4, -0.2) is 30.1 Å². The minimum Gasteiger partial charge on any atom is -0.454 e. The van der Waals surface area contributed by atoms with E-state index in [0.29, 0.717) is 35.6 Å². The molecule has 0 atom stereocenters. The summed E-state index contributed by atoms with van der Waals surface area (Å²) in [6.07, 6.45) is 1.68. The number of unbranched alkanes of at least 4 members (excludes halogenated alkanes) is 1. The zero-order chi connectivity index (χ0) is 23.0. The van der Waals surface area contributed by atoms with Gasteiger partial charge in [0.2, 0.25) is 0 Å². The van der Waals surface area contributed by atoms with Crippen molar-refractivity contribution in [3.8, 4) is 0 Å². The molecule has 2 N–H and O–H groups in total. The summed E-state index contributed by atoms with van der Waals surface area (Å²) in [7, 11) is 0. The first-order valence-corrected chi connectivity index (χ1v) is 10.8. The molecule has 0 spiro atoms. The summed E-state index contributed by atoms with van der Waals surface area (Å²) >= 11 is 0. The van der Waals surface area contributed by atoms with Crippen molar-refractivity contribution in [2.45, 2.75) is 60.2 Å². The topological polar surface area (TPSA) is 115 Å². The zero-order valence-corrected chi connectivity index (χ0v) is 18.7. The first kappa shape index (κ1) is 21.6. The van der Waals surface area contributed by atoms with Gasteiger partial charge in [-0.1, -0.05) is 13.3 Å². The van der Waals surface area contributed by atoms with Crippen LogP contribution < -0.4 is 11.2 Å². The van der Waals surface area contributed by atoms with E-state index in [1.165, 1.54) is 4.57 Å². The lowest BCUT2D eigenvalue weighted by Gasteiger charge is -2.07. The largest absolute Gasteiger partial charge is 0.454 e. The fourth-order valence-corrected chi connectivity index (χ4v) is 3.99. The second-order valence-electron chi connectivity index (χ2n) is 7.92. The smallest absolute Gasteiger partial charge is 0.338 e. The number of carbonyl (C=O) groups excluding carboxylic acids is 1. The number of ether oxygens (including phenoxy) is 1. The van der Waals surface area contributed by atoms with Crippen molar-refractivity contribution in [1.29, 1.82) is 0 Å². The van der Waals surface area contributed by atoms with E-state index in [-0.39, 0.29) is 6.61 Å². The van der Waals surface area contributed by atoms with Gasteiger partial charge in [-0.2, -0.15) is 0 Å². The number of fused-ring (bicyclic) bond motifs is 2. The van der Waals surface area contributed by atoms with Crippen molar-refractivity contribution in [3.63, 3.8) is 0 Å². The molecule has 0 fully saturated rings. The lowest BCUT2D eigenvalue weighted by molar-refractivity contribution is 0.0459. The summed E-state index contributed by atoms with van der Waals surface area (Å²) in [6, 6.07) is 5.39. The average Bonchev–Trinajstić information content (AvgIpc) is 3.28. The van der Waals surface area contributed by atoms with Crippen LogP contribution in [0.25, 0.3) is 22.1 Å². The van der Waals surface area contributed by atoms with Gasteiger partial charge in [0, 0.05) is 29.7 Å². The Morgan fingerprint density at radius 2 is 1.91 bits per heavy atom. The molecule has 32 heavy (non-hydrogen) atoms. The highest BCUT2D eigenvalue weighted by Gasteiger charge is 2.19. The van der Waals surface area contributed by atoms with Crippen LogP contribution in [0.5, 0.6) is 0 Å². The number of aromatic amines is 2. The molecule has 0 saturated carbocycles. The maximum atomic E-state index is 12.7. The molecule has 0 bridgehead atoms. The number of nitrogens with one attached hydrogen (secondary N) is 2. The van der Waals surface area contributed by atoms with Gasteiger partial charge in [-0.25, -0.2) is 14.6 Å². The molecule has 0 unspecified atom stereocenters. The van der Waals surface area contributed by atoms with E-state index in [4.69, 9.17) is 4.74 Å². The molecule has 3 heterocycles. The monoisotopic (exact) mass is 437 g/mol. The van der Waals surface area contributed by atoms with E-state index < -0.39 is 17.2 Å². The minimum absolute atomic E-state index is 0.105. The van der Waals surface area contributed by atoms with Crippen molar-refractivity contribution in [2.24, 2.45) is 0 Å². The first-order chi connectivity index (χ1) is 15.3. The fraction of sp³-hybridized carbons (Fsp3) is 0.391. The molecular formula is C23H27N5O4. The predicted octanol–water partition coefficient (Wildman–Crippen LogP) is 3.16. The molecule has 0 aliphatic heterocycles. The van der Waals surface area contributed by atoms with Gasteiger partial charge in [0.1, 0.15) is 12.4 Å². The number of esters is 1. The fourth-order valence-electron chi connectivity index (χ4n) is 3.99. The molecule has 0 amide bonds. The Balaban J connectivity index is 1.66. The van der Waals surface area contributed by atoms with Crippen molar-refractivity contribution < 1.29 is 9.53 Å². The number of carbonyl (C=O) groups is 1. The van der Waals surface area contributed by atoms with Gasteiger partial charge in [0.25, 0.3) is 5.56 Å². The normalized spacial score (nSPS) is 11.5. The maximum absolute atomic E-state index is 12.7. The van der Waals surface area contributed by atoms with E-state index >= 15 is 0 Å². The summed E-state index contributed by atoms with van der Waals surface area (Å²) in [5, 5.41) is 0.976. The molecule has 3 aromatic heterocycles. The molecule has 9 heteroatoms. The number of aromatic nitrogens is 5. The first-order valence-electron chi connectivity index (χ1n) is 10.8. The summed E-state index contributed by atoms with van der Waals surface area (Å²) in [5.41, 5.74) is 3.21. The minimum atomic E-state index is -0.492. The molecule has 1 aromatic carbocycles. The van der Waals surface area contributed by atoms with Gasteiger partial charge in [-0.15, -0.1) is 0 Å². The standard InChI is InChI=1S/C23H27N5O4/c1-5-7-10-28-20-19(21(29)26-23(28)31)27(6-2)18(25-20)12-32-22(30)15-8-9-17-16(11-15)13(3)14(4)24-17/h8-9,11,24H,5-7,10,12H2,1-4H3,(H,26,29,31). The Morgan fingerprint density at radius 1 is 1.12 bits per heavy atom. The number of aryl methyl sites for hydroxylation is 4. The Morgan fingerprint density at radius 3 is 2.62 bits per heavy atom. The molecule has 4 aromatic rings. The highest BCUT2D eigenvalue weighted by molar-refractivity contribution is 5.96. The quantitative estimate of drug-likeness (QED) is 0.431. The van der Waals surface area contributed by atoms with Crippen LogP contribution in [-0.2, 0) is 24.4 Å². The van der Waals surface area contributed by atoms with Gasteiger partial charge in [0.05, 0.1) is 5.56 Å². The second kappa shape index (κ2) is 8.49. The molecule has 0 aliphatic carbocycles. The van der Waals surface area contributed by atoms with Crippen LogP contribution in [0.4, 0.5) is 0 Å². The van der Waals surface area contributed by atoms with Crippen LogP contribution in [0.15, 0.2) is 27.8 Å². The van der Waals surface area contributed by atoms with Gasteiger partial charge < -0.3 is 14.3 Å². The highest BCUT2D eigenvalue weighted by atomic mass is 16.5. The van der Waals surface area contributed by atoms with Crippen LogP contribution in [0, 0.1) is 13.8 Å². The number of benzene rings is 1. The zero-order valence-electron chi connectivity index (χ0n) is 18.7. The predicted molar refractivity (Wildman–Crippen MR) is 122 cm³/mol. The lowest BCUT2D eigenvalue weighted by Crippen LogP contribution is -2.31. The Labute approximate surface area is 184 Å². The van der Waals surface area contributed by atoms with Gasteiger partial charge in [-0.3, -0.25) is 14.3 Å². The van der Waals surface area contributed by atoms with E-state index in [2.05, 4.69) is 15.0 Å². The summed E-state index contributed by atoms with van der Waals surface area (Å²) in [4.78, 5) is 47.7. The third-order valence-corrected chi connectivity index (χ3v) is 5.89. The average molecular weight is 438 g/mol. The van der Waals surface area contributed by atoms with E-state index in [9.17, 15) is 14.4 Å². The lowest BCUT2D eigenvalue weighted by atomic mass is 10.1. The number of hydrogen-bond acceptors (Lipinski definition) is 5. The summed E-state index contributed by atoms with van der Waals surface area (Å²) in [6.45, 7) is 8.69. The number of rotatable bonds is 7. The van der Waals surface area contributed by atoms with Gasteiger partial charge in [0.15, 0.2) is 11.2 Å². The third-order valence-electron chi connectivity index (χ3n) is 5.89. The third kappa shape index (κ3) is 3.63. The molecular weight excluding hydrogens is 410 g/mol. The van der Waals surface area contributed by atoms with Crippen LogP contribution >= 0.6 is 0 Å². The van der Waals surface area contributed by atoms with E-state index in [1.807, 2.05) is 39.8 Å². The number of hydrogen-bond donors (Lipinski definition) is 2. The Kier molecular flexibility index (Phi) is 5.73. The SMILES string of the molecule is CCCCn1c(=O)[nH]c(=O)c2c1nc(COC(=O)c1ccc3[nH]c(C)c(C)c3c1)n2CC. The van der Waals surface area contributed by atoms with E-state index in [0.717, 1.165) is 35.0 Å². The van der Waals surface area contributed by atoms with Crippen LogP contribution in [0.3, 0.4) is 0 Å². The Hall–Kier alpha value is -3.62. The highest BCUT2D eigenvalue weighted by Crippen LogP contribution is 2.23. The number of imidazole rings is 1. The van der Waals surface area contributed by atoms with Crippen LogP contribution in [0.2, 0.25) is 0 Å². The summed E-state index contributed by atoms with van der Waals surface area (Å²) < 4.78 is 8.70. The molecule has 0 aliphatic rings. The van der Waals surface area contributed by atoms with Crippen molar-refractivity contribution in [2.75, 3.05) is 0 Å². The molecule has 0 radical (unpaired) electrons. The van der Waals surface area contributed by atoms with E-state index in [1.54, 1.807) is 10.6 Å². The maximum Gasteiger partial charge on any atom is 0.338 e. The van der Waals surface area contributed by atoms with Crippen molar-refractivity contribution in [3.05, 3.63) is 61.7 Å². The Bertz CT molecular complexity index is 1440. The van der Waals surface area contributed by atoms with Crippen molar-refractivity contribution in [1.82, 2.24) is 24.1 Å².